The molecule has 4 heterocycles. The van der Waals surface area contributed by atoms with Gasteiger partial charge in [-0.05, 0) is 61.1 Å². The van der Waals surface area contributed by atoms with Crippen LogP contribution in [0.4, 0.5) is 13.2 Å². The maximum atomic E-state index is 14.5. The fraction of sp³-hybridized carbons (Fsp3) is 0.390. The second-order valence-electron chi connectivity index (χ2n) is 14.3. The molecule has 16 heteroatoms. The summed E-state index contributed by atoms with van der Waals surface area (Å²) in [7, 11) is 1.32. The number of carboxylic acid groups (broad SMARTS) is 1. The molecule has 2 saturated heterocycles. The summed E-state index contributed by atoms with van der Waals surface area (Å²) in [6.45, 7) is 1.46. The normalized spacial score (nSPS) is 19.2. The van der Waals surface area contributed by atoms with Gasteiger partial charge in [0.2, 0.25) is 23.5 Å². The van der Waals surface area contributed by atoms with Crippen LogP contribution in [-0.2, 0) is 35.3 Å². The molecular weight excluding hydrogens is 765 g/mol. The minimum atomic E-state index is -4.79. The molecule has 2 aromatic carbocycles. The molecular formula is C41H40ClF3N6O6. The molecule has 0 bridgehead atoms. The van der Waals surface area contributed by atoms with Crippen molar-refractivity contribution in [3.63, 3.8) is 0 Å². The zero-order valence-corrected chi connectivity index (χ0v) is 31.8. The number of methoxy groups -OCH3 is 1. The van der Waals surface area contributed by atoms with Gasteiger partial charge in [-0.2, -0.15) is 23.4 Å². The molecule has 2 aromatic heterocycles. The number of nitrogens with one attached hydrogen (secondary N) is 2. The Bertz CT molecular complexity index is 2210. The van der Waals surface area contributed by atoms with Crippen LogP contribution in [0.3, 0.4) is 0 Å². The highest BCUT2D eigenvalue weighted by Crippen LogP contribution is 2.46. The maximum Gasteiger partial charge on any atom is 0.421 e. The van der Waals surface area contributed by atoms with Crippen LogP contribution < -0.4 is 24.8 Å². The van der Waals surface area contributed by atoms with Crippen molar-refractivity contribution in [2.75, 3.05) is 33.4 Å². The predicted molar refractivity (Wildman–Crippen MR) is 203 cm³/mol. The summed E-state index contributed by atoms with van der Waals surface area (Å²) in [6.07, 6.45) is -2.97. The predicted octanol–water partition coefficient (Wildman–Crippen LogP) is 6.73. The maximum absolute atomic E-state index is 14.5. The molecule has 1 amide bonds. The number of aromatic nitrogens is 2. The average molecular weight is 805 g/mol. The number of aliphatic carboxylic acids is 1. The summed E-state index contributed by atoms with van der Waals surface area (Å²) in [5.41, 5.74) is 4.10. The van der Waals surface area contributed by atoms with Gasteiger partial charge in [0, 0.05) is 60.9 Å². The van der Waals surface area contributed by atoms with E-state index in [0.29, 0.717) is 72.7 Å². The summed E-state index contributed by atoms with van der Waals surface area (Å²) in [6, 6.07) is 17.8. The second kappa shape index (κ2) is 17.0. The second-order valence-corrected chi connectivity index (χ2v) is 14.7. The van der Waals surface area contributed by atoms with Crippen molar-refractivity contribution >= 4 is 23.5 Å². The molecule has 3 atom stereocenters. The largest absolute Gasteiger partial charge is 0.481 e. The number of nitrogens with zero attached hydrogens (tertiary/aromatic N) is 4. The lowest BCUT2D eigenvalue weighted by Crippen LogP contribution is -2.35. The molecule has 3 aliphatic rings. The van der Waals surface area contributed by atoms with Gasteiger partial charge in [0.15, 0.2) is 6.61 Å². The number of carbonyl (C=O) groups excluding carboxylic acids is 1. The van der Waals surface area contributed by atoms with Crippen LogP contribution in [0.25, 0.3) is 22.4 Å². The fourth-order valence-electron chi connectivity index (χ4n) is 7.78. The van der Waals surface area contributed by atoms with E-state index in [-0.39, 0.29) is 49.0 Å². The number of nitriles is 1. The third kappa shape index (κ3) is 8.78. The Balaban J connectivity index is 1.14. The Hall–Kier alpha value is -5.43. The van der Waals surface area contributed by atoms with Crippen molar-refractivity contribution in [3.05, 3.63) is 87.4 Å². The monoisotopic (exact) mass is 804 g/mol. The number of likely N-dealkylation sites (tertiary alicyclic amines) is 1. The van der Waals surface area contributed by atoms with Crippen molar-refractivity contribution in [2.24, 2.45) is 5.92 Å². The van der Waals surface area contributed by atoms with Crippen LogP contribution in [0, 0.1) is 17.2 Å². The summed E-state index contributed by atoms with van der Waals surface area (Å²) in [5.74, 6) is -1.83. The standard InChI is InChI=1S/C41H40ClF3N6O6/c1-55-37-25(22-51-16-14-24(21-51)40(53)54)18-32(41(43,44)45)39(50-37)57-34-12-10-28-27(4-2-5-29(28)34)30-6-3-7-31(36(30)42)33-11-8-23(38(49-33)56-17-15-46)19-47-20-26-9-13-35(52)48-26/h2-8,11,18,24,26,34,47H,9-10,12-14,16-17,19-22H2,1H3,(H,48,52)(H,53,54)/t24-,26+,34+/m1/s1. The van der Waals surface area contributed by atoms with Gasteiger partial charge in [0.1, 0.15) is 17.7 Å². The molecule has 12 nitrogen and oxygen atoms in total. The minimum absolute atomic E-state index is 0.0227. The Labute approximate surface area is 331 Å². The van der Waals surface area contributed by atoms with Crippen LogP contribution in [0.15, 0.2) is 54.6 Å². The topological polar surface area (TPSA) is 159 Å². The lowest BCUT2D eigenvalue weighted by Gasteiger charge is -2.22. The van der Waals surface area contributed by atoms with E-state index in [1.165, 1.54) is 7.11 Å². The van der Waals surface area contributed by atoms with Crippen LogP contribution in [0.2, 0.25) is 5.02 Å². The first kappa shape index (κ1) is 39.8. The van der Waals surface area contributed by atoms with Gasteiger partial charge >= 0.3 is 12.1 Å². The number of hydrogen-bond acceptors (Lipinski definition) is 10. The van der Waals surface area contributed by atoms with Crippen molar-refractivity contribution < 1.29 is 42.1 Å². The Morgan fingerprint density at radius 2 is 1.82 bits per heavy atom. The van der Waals surface area contributed by atoms with E-state index < -0.39 is 35.6 Å². The highest BCUT2D eigenvalue weighted by Gasteiger charge is 2.39. The van der Waals surface area contributed by atoms with E-state index in [1.807, 2.05) is 54.6 Å². The Kier molecular flexibility index (Phi) is 11.8. The average Bonchev–Trinajstić information content (AvgIpc) is 3.95. The smallest absolute Gasteiger partial charge is 0.421 e. The van der Waals surface area contributed by atoms with Gasteiger partial charge < -0.3 is 30.0 Å². The molecule has 2 aliphatic heterocycles. The molecule has 298 valence electrons. The number of carboxylic acids is 1. The van der Waals surface area contributed by atoms with Gasteiger partial charge in [-0.3, -0.25) is 14.5 Å². The zero-order chi connectivity index (χ0) is 40.3. The Morgan fingerprint density at radius 1 is 1.04 bits per heavy atom. The number of pyridine rings is 2. The van der Waals surface area contributed by atoms with E-state index in [1.54, 1.807) is 4.90 Å². The molecule has 2 fully saturated rings. The number of carbonyl (C=O) groups is 2. The summed E-state index contributed by atoms with van der Waals surface area (Å²) in [4.78, 5) is 33.8. The molecule has 0 saturated carbocycles. The molecule has 57 heavy (non-hydrogen) atoms. The van der Waals surface area contributed by atoms with Crippen LogP contribution in [-0.4, -0.2) is 71.2 Å². The number of fused-ring (bicyclic) bond motifs is 1. The number of ether oxygens (including phenoxy) is 3. The molecule has 0 radical (unpaired) electrons. The number of rotatable bonds is 14. The van der Waals surface area contributed by atoms with E-state index in [0.717, 1.165) is 29.2 Å². The number of hydrogen-bond donors (Lipinski definition) is 3. The van der Waals surface area contributed by atoms with Gasteiger partial charge in [0.05, 0.1) is 23.7 Å². The molecule has 4 aromatic rings. The van der Waals surface area contributed by atoms with Gasteiger partial charge in [-0.15, -0.1) is 0 Å². The number of halogens is 4. The SMILES string of the molecule is COc1nc(O[C@H]2CCc3c(-c4cccc(-c5ccc(CNC[C@@H]6CCC(=O)N6)c(OCC#N)n5)c4Cl)cccc32)c(C(F)(F)F)cc1CN1CC[C@@H](C(=O)O)C1. The number of benzene rings is 2. The summed E-state index contributed by atoms with van der Waals surface area (Å²) in [5, 5.41) is 25.3. The highest BCUT2D eigenvalue weighted by atomic mass is 35.5. The van der Waals surface area contributed by atoms with E-state index >= 15 is 0 Å². The molecule has 0 unspecified atom stereocenters. The van der Waals surface area contributed by atoms with Gasteiger partial charge in [0.25, 0.3) is 0 Å². The quantitative estimate of drug-likeness (QED) is 0.124. The van der Waals surface area contributed by atoms with Crippen molar-refractivity contribution in [2.45, 2.75) is 63.5 Å². The van der Waals surface area contributed by atoms with Crippen molar-refractivity contribution in [3.8, 4) is 46.1 Å². The van der Waals surface area contributed by atoms with Gasteiger partial charge in [-0.25, -0.2) is 4.98 Å². The molecule has 0 spiro atoms. The highest BCUT2D eigenvalue weighted by molar-refractivity contribution is 6.36. The lowest BCUT2D eigenvalue weighted by molar-refractivity contribution is -0.141. The zero-order valence-electron chi connectivity index (χ0n) is 31.0. The summed E-state index contributed by atoms with van der Waals surface area (Å²) < 4.78 is 60.9. The number of alkyl halides is 3. The minimum Gasteiger partial charge on any atom is -0.481 e. The molecule has 7 rings (SSSR count). The number of amides is 1. The van der Waals surface area contributed by atoms with Crippen molar-refractivity contribution in [1.29, 1.82) is 5.26 Å². The van der Waals surface area contributed by atoms with Crippen LogP contribution in [0.1, 0.15) is 59.6 Å². The lowest BCUT2D eigenvalue weighted by atomic mass is 9.94. The fourth-order valence-corrected chi connectivity index (χ4v) is 8.10. The first-order valence-corrected chi connectivity index (χ1v) is 19.0. The third-order valence-electron chi connectivity index (χ3n) is 10.6. The molecule has 1 aliphatic carbocycles. The first-order valence-electron chi connectivity index (χ1n) is 18.6. The third-order valence-corrected chi connectivity index (χ3v) is 11.0. The van der Waals surface area contributed by atoms with E-state index in [9.17, 15) is 33.1 Å². The van der Waals surface area contributed by atoms with Crippen molar-refractivity contribution in [1.82, 2.24) is 25.5 Å². The van der Waals surface area contributed by atoms with Crippen LogP contribution in [0.5, 0.6) is 17.6 Å². The van der Waals surface area contributed by atoms with E-state index in [4.69, 9.17) is 30.8 Å². The summed E-state index contributed by atoms with van der Waals surface area (Å²) >= 11 is 7.12. The van der Waals surface area contributed by atoms with Gasteiger partial charge in [-0.1, -0.05) is 54.1 Å². The Morgan fingerprint density at radius 3 is 2.54 bits per heavy atom. The van der Waals surface area contributed by atoms with Crippen LogP contribution >= 0.6 is 11.6 Å². The van der Waals surface area contributed by atoms with E-state index in [2.05, 4.69) is 15.6 Å². The first-order chi connectivity index (χ1) is 27.4. The molecule has 3 N–H and O–H groups in total.